The molecule has 3 atom stereocenters. The largest absolute Gasteiger partial charge is 0.394 e. The van der Waals surface area contributed by atoms with E-state index in [1.807, 2.05) is 7.05 Å². The van der Waals surface area contributed by atoms with Gasteiger partial charge in [-0.2, -0.15) is 0 Å². The molecule has 2 N–H and O–H groups in total. The number of hydrogen-bond donors (Lipinski definition) is 2. The molecule has 18 heavy (non-hydrogen) atoms. The van der Waals surface area contributed by atoms with Gasteiger partial charge in [0.05, 0.1) is 6.61 Å². The monoisotopic (exact) mass is 256 g/mol. The summed E-state index contributed by atoms with van der Waals surface area (Å²) < 4.78 is 0. The van der Waals surface area contributed by atoms with Gasteiger partial charge < -0.3 is 15.3 Å². The molecular weight excluding hydrogens is 224 g/mol. The lowest BCUT2D eigenvalue weighted by Crippen LogP contribution is -2.48. The third-order valence-electron chi connectivity index (χ3n) is 4.77. The van der Waals surface area contributed by atoms with Crippen molar-refractivity contribution in [2.75, 3.05) is 26.7 Å². The van der Waals surface area contributed by atoms with E-state index in [4.69, 9.17) is 0 Å². The molecule has 0 spiro atoms. The first kappa shape index (κ1) is 15.9. The Hall–Kier alpha value is -0.120. The zero-order valence-corrected chi connectivity index (χ0v) is 13.1. The van der Waals surface area contributed by atoms with Crippen LogP contribution < -0.4 is 5.32 Å². The van der Waals surface area contributed by atoms with E-state index in [1.165, 1.54) is 19.5 Å². The molecule has 0 aromatic heterocycles. The van der Waals surface area contributed by atoms with Crippen molar-refractivity contribution >= 4 is 0 Å². The molecule has 0 aliphatic carbocycles. The van der Waals surface area contributed by atoms with Gasteiger partial charge in [0.15, 0.2) is 0 Å². The predicted molar refractivity (Wildman–Crippen MR) is 77.8 cm³/mol. The number of likely N-dealkylation sites (tertiary alicyclic amines) is 1. The molecule has 0 aromatic rings. The maximum atomic E-state index is 9.48. The van der Waals surface area contributed by atoms with E-state index in [0.29, 0.717) is 11.5 Å². The van der Waals surface area contributed by atoms with Gasteiger partial charge in [-0.25, -0.2) is 0 Å². The molecule has 3 nitrogen and oxygen atoms in total. The lowest BCUT2D eigenvalue weighted by Gasteiger charge is -2.35. The standard InChI is InChI=1S/C15H32N2O/c1-12(9-15(5,11-18)16-6)17-8-7-13(10-17)14(2,3)4/h12-13,16,18H,7-11H2,1-6H3. The second kappa shape index (κ2) is 5.89. The molecule has 0 saturated carbocycles. The molecule has 0 bridgehead atoms. The number of hydrogen-bond acceptors (Lipinski definition) is 3. The van der Waals surface area contributed by atoms with Crippen LogP contribution in [0.2, 0.25) is 0 Å². The van der Waals surface area contributed by atoms with E-state index in [9.17, 15) is 5.11 Å². The van der Waals surface area contributed by atoms with Crippen LogP contribution in [-0.2, 0) is 0 Å². The highest BCUT2D eigenvalue weighted by molar-refractivity contribution is 4.90. The molecule has 1 aliphatic rings. The van der Waals surface area contributed by atoms with E-state index >= 15 is 0 Å². The minimum Gasteiger partial charge on any atom is -0.394 e. The summed E-state index contributed by atoms with van der Waals surface area (Å²) in [6.07, 6.45) is 2.31. The number of nitrogens with zero attached hydrogens (tertiary/aromatic N) is 1. The van der Waals surface area contributed by atoms with E-state index in [2.05, 4.69) is 44.8 Å². The van der Waals surface area contributed by atoms with Crippen LogP contribution in [-0.4, -0.2) is 48.3 Å². The first-order valence-electron chi connectivity index (χ1n) is 7.25. The van der Waals surface area contributed by atoms with Crippen molar-refractivity contribution in [3.8, 4) is 0 Å². The van der Waals surface area contributed by atoms with Gasteiger partial charge in [0.2, 0.25) is 0 Å². The van der Waals surface area contributed by atoms with Gasteiger partial charge in [-0.05, 0) is 51.6 Å². The van der Waals surface area contributed by atoms with Crippen LogP contribution in [0.1, 0.15) is 47.5 Å². The summed E-state index contributed by atoms with van der Waals surface area (Å²) in [6, 6.07) is 0.530. The fourth-order valence-corrected chi connectivity index (χ4v) is 2.92. The quantitative estimate of drug-likeness (QED) is 0.791. The van der Waals surface area contributed by atoms with Gasteiger partial charge in [0.1, 0.15) is 0 Å². The highest BCUT2D eigenvalue weighted by Crippen LogP contribution is 2.35. The van der Waals surface area contributed by atoms with Crippen LogP contribution in [0.3, 0.4) is 0 Å². The molecule has 1 aliphatic heterocycles. The van der Waals surface area contributed by atoms with Crippen LogP contribution in [0.25, 0.3) is 0 Å². The number of rotatable bonds is 5. The van der Waals surface area contributed by atoms with Crippen LogP contribution in [0.5, 0.6) is 0 Å². The third kappa shape index (κ3) is 3.94. The zero-order chi connectivity index (χ0) is 14.0. The maximum Gasteiger partial charge on any atom is 0.0611 e. The van der Waals surface area contributed by atoms with E-state index in [-0.39, 0.29) is 12.1 Å². The third-order valence-corrected chi connectivity index (χ3v) is 4.77. The van der Waals surface area contributed by atoms with Crippen molar-refractivity contribution in [1.82, 2.24) is 10.2 Å². The van der Waals surface area contributed by atoms with Crippen LogP contribution >= 0.6 is 0 Å². The van der Waals surface area contributed by atoms with Crippen LogP contribution in [0.15, 0.2) is 0 Å². The Bertz CT molecular complexity index is 256. The van der Waals surface area contributed by atoms with Crippen molar-refractivity contribution in [3.63, 3.8) is 0 Å². The number of aliphatic hydroxyl groups excluding tert-OH is 1. The normalized spacial score (nSPS) is 27.2. The summed E-state index contributed by atoms with van der Waals surface area (Å²) in [7, 11) is 1.94. The molecule has 3 unspecified atom stereocenters. The summed E-state index contributed by atoms with van der Waals surface area (Å²) >= 11 is 0. The molecule has 0 aromatic carbocycles. The van der Waals surface area contributed by atoms with Gasteiger partial charge in [0, 0.05) is 18.1 Å². The summed E-state index contributed by atoms with van der Waals surface area (Å²) in [4.78, 5) is 2.58. The van der Waals surface area contributed by atoms with Gasteiger partial charge in [-0.3, -0.25) is 0 Å². The smallest absolute Gasteiger partial charge is 0.0611 e. The number of aliphatic hydroxyl groups is 1. The van der Waals surface area contributed by atoms with E-state index < -0.39 is 0 Å². The van der Waals surface area contributed by atoms with Gasteiger partial charge >= 0.3 is 0 Å². The summed E-state index contributed by atoms with van der Waals surface area (Å²) in [6.45, 7) is 14.0. The second-order valence-corrected chi connectivity index (χ2v) is 7.37. The average molecular weight is 256 g/mol. The lowest BCUT2D eigenvalue weighted by molar-refractivity contribution is 0.125. The Morgan fingerprint density at radius 1 is 1.33 bits per heavy atom. The fourth-order valence-electron chi connectivity index (χ4n) is 2.92. The molecule has 0 amide bonds. The lowest BCUT2D eigenvalue weighted by atomic mass is 9.80. The van der Waals surface area contributed by atoms with Gasteiger partial charge in [0.25, 0.3) is 0 Å². The van der Waals surface area contributed by atoms with E-state index in [0.717, 1.165) is 12.3 Å². The molecule has 3 heteroatoms. The molecule has 0 radical (unpaired) electrons. The fraction of sp³-hybridized carbons (Fsp3) is 1.00. The average Bonchev–Trinajstić information content (AvgIpc) is 2.77. The number of likely N-dealkylation sites (N-methyl/N-ethyl adjacent to an activating group) is 1. The Morgan fingerprint density at radius 3 is 2.33 bits per heavy atom. The first-order valence-corrected chi connectivity index (χ1v) is 7.25. The molecule has 1 heterocycles. The highest BCUT2D eigenvalue weighted by Gasteiger charge is 2.35. The van der Waals surface area contributed by atoms with E-state index in [1.54, 1.807) is 0 Å². The molecular formula is C15H32N2O. The van der Waals surface area contributed by atoms with Crippen LogP contribution in [0, 0.1) is 11.3 Å². The van der Waals surface area contributed by atoms with Crippen molar-refractivity contribution < 1.29 is 5.11 Å². The molecule has 108 valence electrons. The van der Waals surface area contributed by atoms with Gasteiger partial charge in [-0.1, -0.05) is 20.8 Å². The second-order valence-electron chi connectivity index (χ2n) is 7.37. The maximum absolute atomic E-state index is 9.48. The summed E-state index contributed by atoms with van der Waals surface area (Å²) in [5, 5.41) is 12.7. The number of nitrogens with one attached hydrogen (secondary N) is 1. The topological polar surface area (TPSA) is 35.5 Å². The highest BCUT2D eigenvalue weighted by atomic mass is 16.3. The SMILES string of the molecule is CNC(C)(CO)CC(C)N1CCC(C(C)(C)C)C1. The Labute approximate surface area is 113 Å². The minimum absolute atomic E-state index is 0.154. The Morgan fingerprint density at radius 2 is 1.94 bits per heavy atom. The van der Waals surface area contributed by atoms with Gasteiger partial charge in [-0.15, -0.1) is 0 Å². The van der Waals surface area contributed by atoms with Crippen molar-refractivity contribution in [3.05, 3.63) is 0 Å². The molecule has 1 rings (SSSR count). The zero-order valence-electron chi connectivity index (χ0n) is 13.1. The molecule has 1 saturated heterocycles. The minimum atomic E-state index is -0.154. The summed E-state index contributed by atoms with van der Waals surface area (Å²) in [5.74, 6) is 0.801. The Kier molecular flexibility index (Phi) is 5.22. The first-order chi connectivity index (χ1) is 8.22. The van der Waals surface area contributed by atoms with Crippen LogP contribution in [0.4, 0.5) is 0 Å². The van der Waals surface area contributed by atoms with Crippen molar-refractivity contribution in [1.29, 1.82) is 0 Å². The van der Waals surface area contributed by atoms with Crippen molar-refractivity contribution in [2.24, 2.45) is 11.3 Å². The summed E-state index contributed by atoms with van der Waals surface area (Å²) in [5.41, 5.74) is 0.261. The van der Waals surface area contributed by atoms with Crippen molar-refractivity contribution in [2.45, 2.75) is 59.0 Å². The molecule has 1 fully saturated rings. The Balaban J connectivity index is 2.52. The predicted octanol–water partition coefficient (Wildman–Crippen LogP) is 2.10.